The van der Waals surface area contributed by atoms with Crippen molar-refractivity contribution in [2.75, 3.05) is 11.9 Å². The van der Waals surface area contributed by atoms with Gasteiger partial charge in [-0.25, -0.2) is 9.37 Å². The van der Waals surface area contributed by atoms with Gasteiger partial charge in [0.25, 0.3) is 5.91 Å². The van der Waals surface area contributed by atoms with Gasteiger partial charge in [0.05, 0.1) is 39.8 Å². The Hall–Kier alpha value is -3.19. The summed E-state index contributed by atoms with van der Waals surface area (Å²) in [6.45, 7) is 4.35. The smallest absolute Gasteiger partial charge is 0.252 e. The van der Waals surface area contributed by atoms with Crippen molar-refractivity contribution in [3.8, 4) is 17.0 Å². The Labute approximate surface area is 178 Å². The van der Waals surface area contributed by atoms with Crippen LogP contribution in [0.5, 0.6) is 5.75 Å². The van der Waals surface area contributed by atoms with E-state index in [1.807, 2.05) is 19.9 Å². The summed E-state index contributed by atoms with van der Waals surface area (Å²) in [4.78, 5) is 21.1. The average molecular weight is 427 g/mol. The van der Waals surface area contributed by atoms with Crippen molar-refractivity contribution >= 4 is 29.0 Å². The van der Waals surface area contributed by atoms with Crippen molar-refractivity contribution in [3.05, 3.63) is 64.2 Å². The molecule has 0 unspecified atom stereocenters. The van der Waals surface area contributed by atoms with Crippen molar-refractivity contribution in [1.29, 1.82) is 0 Å². The monoisotopic (exact) mass is 426 g/mol. The molecule has 154 valence electrons. The summed E-state index contributed by atoms with van der Waals surface area (Å²) < 4.78 is 20.7. The van der Waals surface area contributed by atoms with Crippen molar-refractivity contribution in [2.45, 2.75) is 26.2 Å². The number of ether oxygens (including phenoxy) is 1. The first kappa shape index (κ1) is 20.1. The zero-order valence-electron chi connectivity index (χ0n) is 16.5. The summed E-state index contributed by atoms with van der Waals surface area (Å²) in [6.07, 6.45) is 2.27. The summed E-state index contributed by atoms with van der Waals surface area (Å²) in [5.74, 6) is -0.606. The van der Waals surface area contributed by atoms with Crippen LogP contribution in [0.15, 0.2) is 36.5 Å². The fourth-order valence-corrected chi connectivity index (χ4v) is 3.75. The maximum absolute atomic E-state index is 14.8. The van der Waals surface area contributed by atoms with Crippen molar-refractivity contribution in [3.63, 3.8) is 0 Å². The third kappa shape index (κ3) is 3.57. The maximum Gasteiger partial charge on any atom is 0.252 e. The van der Waals surface area contributed by atoms with Crippen molar-refractivity contribution in [1.82, 2.24) is 9.97 Å². The number of benzene rings is 1. The molecule has 0 saturated carbocycles. The van der Waals surface area contributed by atoms with Gasteiger partial charge in [0.15, 0.2) is 0 Å². The second kappa shape index (κ2) is 7.91. The number of aromatic nitrogens is 2. The lowest BCUT2D eigenvalue weighted by Gasteiger charge is -2.19. The lowest BCUT2D eigenvalue weighted by Crippen LogP contribution is -2.16. The van der Waals surface area contributed by atoms with Crippen LogP contribution in [0.1, 0.15) is 41.4 Å². The molecule has 0 atom stereocenters. The Balaban J connectivity index is 2.02. The molecular formula is C22H20ClFN4O2. The minimum Gasteiger partial charge on any atom is -0.492 e. The highest BCUT2D eigenvalue weighted by Crippen LogP contribution is 2.39. The standard InChI is InChI=1S/C22H20ClFN4O2/c1-11(2)18-19-12(6-8-26-18)7-9-30-16-5-3-4-15(24)17(16)20-14(23)10-13(21(25)29)22(27-19)28-20/h3-6,8,10-11H,7,9H2,1-2H3,(H2,25,29)(H,27,28). The van der Waals surface area contributed by atoms with Gasteiger partial charge in [0.2, 0.25) is 0 Å². The fraction of sp³-hybridized carbons (Fsp3) is 0.227. The number of nitrogens with one attached hydrogen (secondary N) is 1. The van der Waals surface area contributed by atoms with Crippen LogP contribution in [-0.2, 0) is 6.42 Å². The molecule has 2 bridgehead atoms. The highest BCUT2D eigenvalue weighted by molar-refractivity contribution is 6.33. The molecule has 1 aromatic carbocycles. The molecule has 6 nitrogen and oxygen atoms in total. The molecule has 0 aliphatic carbocycles. The first-order valence-corrected chi connectivity index (χ1v) is 9.91. The first-order chi connectivity index (χ1) is 14.4. The van der Waals surface area contributed by atoms with E-state index >= 15 is 0 Å². The average Bonchev–Trinajstić information content (AvgIpc) is 2.72. The predicted molar refractivity (Wildman–Crippen MR) is 114 cm³/mol. The van der Waals surface area contributed by atoms with Crippen LogP contribution in [0, 0.1) is 5.82 Å². The molecule has 0 fully saturated rings. The summed E-state index contributed by atoms with van der Waals surface area (Å²) in [5, 5.41) is 3.32. The molecule has 30 heavy (non-hydrogen) atoms. The fourth-order valence-electron chi connectivity index (χ4n) is 3.50. The van der Waals surface area contributed by atoms with E-state index in [1.54, 1.807) is 18.3 Å². The second-order valence-electron chi connectivity index (χ2n) is 7.30. The minimum absolute atomic E-state index is 0.0963. The van der Waals surface area contributed by atoms with Crippen LogP contribution in [-0.4, -0.2) is 22.5 Å². The number of carbonyl (C=O) groups excluding carboxylic acids is 1. The van der Waals surface area contributed by atoms with Gasteiger partial charge in [-0.2, -0.15) is 0 Å². The number of anilines is 2. The van der Waals surface area contributed by atoms with Crippen LogP contribution in [0.4, 0.5) is 15.9 Å². The van der Waals surface area contributed by atoms with Gasteiger partial charge in [-0.3, -0.25) is 9.78 Å². The topological polar surface area (TPSA) is 90.1 Å². The summed E-state index contributed by atoms with van der Waals surface area (Å²) in [5.41, 5.74) is 8.44. The van der Waals surface area contributed by atoms with E-state index in [-0.39, 0.29) is 33.6 Å². The highest BCUT2D eigenvalue weighted by atomic mass is 35.5. The highest BCUT2D eigenvalue weighted by Gasteiger charge is 2.24. The number of nitrogens with two attached hydrogens (primary N) is 1. The minimum atomic E-state index is -0.699. The molecule has 0 radical (unpaired) electrons. The Morgan fingerprint density at radius 2 is 2.13 bits per heavy atom. The Bertz CT molecular complexity index is 1150. The van der Waals surface area contributed by atoms with E-state index in [4.69, 9.17) is 22.1 Å². The third-order valence-corrected chi connectivity index (χ3v) is 5.23. The van der Waals surface area contributed by atoms with Gasteiger partial charge in [-0.1, -0.05) is 31.5 Å². The van der Waals surface area contributed by atoms with Crippen LogP contribution in [0.2, 0.25) is 5.02 Å². The molecule has 0 spiro atoms. The lowest BCUT2D eigenvalue weighted by atomic mass is 10.0. The maximum atomic E-state index is 14.8. The van der Waals surface area contributed by atoms with Gasteiger partial charge >= 0.3 is 0 Å². The van der Waals surface area contributed by atoms with Crippen molar-refractivity contribution < 1.29 is 13.9 Å². The first-order valence-electron chi connectivity index (χ1n) is 9.53. The number of fused-ring (bicyclic) bond motifs is 5. The van der Waals surface area contributed by atoms with E-state index in [1.165, 1.54) is 12.1 Å². The van der Waals surface area contributed by atoms with Crippen LogP contribution < -0.4 is 15.8 Å². The number of carbonyl (C=O) groups is 1. The van der Waals surface area contributed by atoms with Crippen LogP contribution in [0.3, 0.4) is 0 Å². The van der Waals surface area contributed by atoms with E-state index in [0.29, 0.717) is 18.8 Å². The molecule has 3 N–H and O–H groups in total. The molecule has 1 aliphatic rings. The molecule has 1 amide bonds. The number of hydrogen-bond donors (Lipinski definition) is 2. The quantitative estimate of drug-likeness (QED) is 0.612. The molecule has 0 saturated heterocycles. The second-order valence-corrected chi connectivity index (χ2v) is 7.71. The summed E-state index contributed by atoms with van der Waals surface area (Å²) in [6, 6.07) is 7.81. The largest absolute Gasteiger partial charge is 0.492 e. The zero-order valence-corrected chi connectivity index (χ0v) is 17.3. The van der Waals surface area contributed by atoms with E-state index < -0.39 is 11.7 Å². The van der Waals surface area contributed by atoms with Crippen molar-refractivity contribution in [2.24, 2.45) is 5.73 Å². The zero-order chi connectivity index (χ0) is 21.4. The van der Waals surface area contributed by atoms with Crippen LogP contribution >= 0.6 is 11.6 Å². The number of amides is 1. The Morgan fingerprint density at radius 1 is 1.33 bits per heavy atom. The van der Waals surface area contributed by atoms with Crippen LogP contribution in [0.25, 0.3) is 11.3 Å². The van der Waals surface area contributed by atoms with Gasteiger partial charge < -0.3 is 15.8 Å². The molecule has 3 heterocycles. The predicted octanol–water partition coefficient (Wildman–Crippen LogP) is 4.84. The Kier molecular flexibility index (Phi) is 5.30. The number of rotatable bonds is 2. The SMILES string of the molecule is CC(C)c1nccc2c1Nc1nc(c(Cl)cc1C(N)=O)-c1c(F)cccc1OCC2. The summed E-state index contributed by atoms with van der Waals surface area (Å²) >= 11 is 6.39. The van der Waals surface area contributed by atoms with Gasteiger partial charge in [-0.15, -0.1) is 0 Å². The number of nitrogens with zero attached hydrogens (tertiary/aromatic N) is 2. The molecule has 4 rings (SSSR count). The van der Waals surface area contributed by atoms with E-state index in [0.717, 1.165) is 16.9 Å². The third-order valence-electron chi connectivity index (χ3n) is 4.94. The molecule has 2 aromatic heterocycles. The van der Waals surface area contributed by atoms with E-state index in [2.05, 4.69) is 15.3 Å². The number of pyridine rings is 2. The van der Waals surface area contributed by atoms with Gasteiger partial charge in [0.1, 0.15) is 17.4 Å². The number of halogens is 2. The van der Waals surface area contributed by atoms with Gasteiger partial charge in [-0.05, 0) is 35.7 Å². The van der Waals surface area contributed by atoms with Gasteiger partial charge in [0, 0.05) is 12.6 Å². The molecule has 1 aliphatic heterocycles. The molecule has 3 aromatic rings. The Morgan fingerprint density at radius 3 is 2.87 bits per heavy atom. The number of primary amides is 1. The molecule has 8 heteroatoms. The lowest BCUT2D eigenvalue weighted by molar-refractivity contribution is 0.100. The number of hydrogen-bond acceptors (Lipinski definition) is 5. The molecular weight excluding hydrogens is 407 g/mol. The summed E-state index contributed by atoms with van der Waals surface area (Å²) in [7, 11) is 0. The van der Waals surface area contributed by atoms with E-state index in [9.17, 15) is 9.18 Å². The normalized spacial score (nSPS) is 12.8.